The van der Waals surface area contributed by atoms with Crippen molar-refractivity contribution >= 4 is 43.6 Å². The molecule has 5 rings (SSSR count). The Bertz CT molecular complexity index is 1320. The van der Waals surface area contributed by atoms with Crippen molar-refractivity contribution in [3.8, 4) is 5.75 Å². The van der Waals surface area contributed by atoms with Crippen molar-refractivity contribution in [2.45, 2.75) is 26.2 Å². The van der Waals surface area contributed by atoms with E-state index >= 15 is 0 Å². The average Bonchev–Trinajstić information content (AvgIpc) is 3.34. The van der Waals surface area contributed by atoms with Gasteiger partial charge in [0.05, 0.1) is 10.2 Å². The van der Waals surface area contributed by atoms with E-state index in [4.69, 9.17) is 9.15 Å². The minimum absolute atomic E-state index is 0.157. The van der Waals surface area contributed by atoms with Crippen LogP contribution in [0.4, 0.5) is 5.13 Å². The van der Waals surface area contributed by atoms with Gasteiger partial charge in [-0.2, -0.15) is 0 Å². The Morgan fingerprint density at radius 3 is 2.97 bits per heavy atom. The van der Waals surface area contributed by atoms with Gasteiger partial charge in [0, 0.05) is 17.0 Å². The lowest BCUT2D eigenvalue weighted by atomic mass is 10.1. The summed E-state index contributed by atoms with van der Waals surface area (Å²) in [5.74, 6) is 0.186. The molecule has 1 aliphatic carbocycles. The normalized spacial score (nSPS) is 13.0. The lowest BCUT2D eigenvalue weighted by Gasteiger charge is -2.08. The van der Waals surface area contributed by atoms with Crippen LogP contribution in [0.25, 0.3) is 21.2 Å². The highest BCUT2D eigenvalue weighted by atomic mass is 32.1. The molecule has 7 heteroatoms. The number of thiazole rings is 1. The van der Waals surface area contributed by atoms with Crippen LogP contribution in [0.15, 0.2) is 45.6 Å². The van der Waals surface area contributed by atoms with Gasteiger partial charge < -0.3 is 9.15 Å². The predicted molar refractivity (Wildman–Crippen MR) is 113 cm³/mol. The first-order valence-electron chi connectivity index (χ1n) is 9.46. The van der Waals surface area contributed by atoms with Crippen LogP contribution in [0.1, 0.15) is 23.1 Å². The highest BCUT2D eigenvalue weighted by Crippen LogP contribution is 2.30. The van der Waals surface area contributed by atoms with Crippen molar-refractivity contribution in [1.82, 2.24) is 4.98 Å². The van der Waals surface area contributed by atoms with Gasteiger partial charge in [-0.15, -0.1) is 0 Å². The van der Waals surface area contributed by atoms with E-state index in [-0.39, 0.29) is 18.1 Å². The van der Waals surface area contributed by atoms with Crippen molar-refractivity contribution in [2.75, 3.05) is 11.9 Å². The molecule has 0 aliphatic heterocycles. The van der Waals surface area contributed by atoms with Gasteiger partial charge in [0.25, 0.3) is 5.91 Å². The van der Waals surface area contributed by atoms with E-state index in [0.717, 1.165) is 51.6 Å². The molecule has 1 aliphatic rings. The standard InChI is InChI=1S/C22H18N2O4S/c1-12-4-2-7-18-20(12)24-22(29-18)23-19(25)11-27-13-8-9-15-14-5-3-6-16(14)21(26)28-17(15)10-13/h2,4,7-10H,3,5-6,11H2,1H3,(H,23,24,25). The number of amides is 1. The molecule has 0 radical (unpaired) electrons. The number of aromatic nitrogens is 1. The summed E-state index contributed by atoms with van der Waals surface area (Å²) in [6.45, 7) is 1.83. The number of hydrogen-bond acceptors (Lipinski definition) is 6. The number of anilines is 1. The van der Waals surface area contributed by atoms with Crippen molar-refractivity contribution in [1.29, 1.82) is 0 Å². The predicted octanol–water partition coefficient (Wildman–Crippen LogP) is 4.22. The highest BCUT2D eigenvalue weighted by molar-refractivity contribution is 7.22. The fourth-order valence-corrected chi connectivity index (χ4v) is 4.76. The molecule has 6 nitrogen and oxygen atoms in total. The molecular weight excluding hydrogens is 388 g/mol. The van der Waals surface area contributed by atoms with Crippen LogP contribution < -0.4 is 15.7 Å². The molecular formula is C22H18N2O4S. The van der Waals surface area contributed by atoms with E-state index in [1.807, 2.05) is 31.2 Å². The number of para-hydroxylation sites is 1. The second-order valence-electron chi connectivity index (χ2n) is 7.14. The minimum Gasteiger partial charge on any atom is -0.484 e. The molecule has 2 aromatic carbocycles. The topological polar surface area (TPSA) is 81.4 Å². The first-order valence-corrected chi connectivity index (χ1v) is 10.3. The molecule has 0 saturated carbocycles. The third-order valence-electron chi connectivity index (χ3n) is 5.18. The van der Waals surface area contributed by atoms with Crippen molar-refractivity contribution in [3.05, 3.63) is 63.5 Å². The van der Waals surface area contributed by atoms with E-state index in [1.165, 1.54) is 11.3 Å². The maximum absolute atomic E-state index is 12.3. The van der Waals surface area contributed by atoms with Crippen molar-refractivity contribution in [3.63, 3.8) is 0 Å². The van der Waals surface area contributed by atoms with Crippen LogP contribution in [-0.2, 0) is 17.6 Å². The Labute approximate surface area is 170 Å². The summed E-state index contributed by atoms with van der Waals surface area (Å²) in [5.41, 5.74) is 4.05. The molecule has 0 fully saturated rings. The van der Waals surface area contributed by atoms with E-state index in [0.29, 0.717) is 16.5 Å². The Morgan fingerprint density at radius 2 is 2.10 bits per heavy atom. The van der Waals surface area contributed by atoms with E-state index in [2.05, 4.69) is 10.3 Å². The zero-order chi connectivity index (χ0) is 20.0. The lowest BCUT2D eigenvalue weighted by molar-refractivity contribution is -0.118. The van der Waals surface area contributed by atoms with Crippen molar-refractivity contribution < 1.29 is 13.9 Å². The molecule has 0 spiro atoms. The zero-order valence-corrected chi connectivity index (χ0v) is 16.6. The third-order valence-corrected chi connectivity index (χ3v) is 6.12. The molecule has 146 valence electrons. The first kappa shape index (κ1) is 17.9. The molecule has 2 aromatic heterocycles. The van der Waals surface area contributed by atoms with E-state index in [9.17, 15) is 9.59 Å². The highest BCUT2D eigenvalue weighted by Gasteiger charge is 2.19. The van der Waals surface area contributed by atoms with Gasteiger partial charge in [-0.1, -0.05) is 23.5 Å². The number of rotatable bonds is 4. The van der Waals surface area contributed by atoms with Crippen LogP contribution in [0, 0.1) is 6.92 Å². The molecule has 2 heterocycles. The van der Waals surface area contributed by atoms with Gasteiger partial charge >= 0.3 is 5.63 Å². The molecule has 0 unspecified atom stereocenters. The number of aryl methyl sites for hydroxylation is 2. The zero-order valence-electron chi connectivity index (χ0n) is 15.8. The van der Waals surface area contributed by atoms with Gasteiger partial charge in [0.1, 0.15) is 11.3 Å². The summed E-state index contributed by atoms with van der Waals surface area (Å²) >= 11 is 1.43. The van der Waals surface area contributed by atoms with Crippen LogP contribution in [0.2, 0.25) is 0 Å². The number of benzene rings is 2. The smallest absolute Gasteiger partial charge is 0.339 e. The second kappa shape index (κ2) is 7.00. The summed E-state index contributed by atoms with van der Waals surface area (Å²) < 4.78 is 12.1. The Balaban J connectivity index is 1.31. The summed E-state index contributed by atoms with van der Waals surface area (Å²) in [6, 6.07) is 11.3. The summed E-state index contributed by atoms with van der Waals surface area (Å²) in [7, 11) is 0. The van der Waals surface area contributed by atoms with E-state index in [1.54, 1.807) is 12.1 Å². The van der Waals surface area contributed by atoms with Crippen LogP contribution in [-0.4, -0.2) is 17.5 Å². The van der Waals surface area contributed by atoms with Crippen LogP contribution in [0.5, 0.6) is 5.75 Å². The second-order valence-corrected chi connectivity index (χ2v) is 8.17. The molecule has 1 amide bonds. The van der Waals surface area contributed by atoms with Gasteiger partial charge in [-0.25, -0.2) is 9.78 Å². The largest absolute Gasteiger partial charge is 0.484 e. The number of carbonyl (C=O) groups is 1. The molecule has 0 saturated heterocycles. The summed E-state index contributed by atoms with van der Waals surface area (Å²) in [6.07, 6.45) is 2.64. The fraction of sp³-hybridized carbons (Fsp3) is 0.227. The van der Waals surface area contributed by atoms with Crippen LogP contribution in [0.3, 0.4) is 0 Å². The molecule has 1 N–H and O–H groups in total. The van der Waals surface area contributed by atoms with Gasteiger partial charge in [0.2, 0.25) is 0 Å². The molecule has 4 aromatic rings. The van der Waals surface area contributed by atoms with Gasteiger partial charge in [-0.3, -0.25) is 10.1 Å². The molecule has 29 heavy (non-hydrogen) atoms. The number of nitrogens with one attached hydrogen (secondary N) is 1. The Kier molecular flexibility index (Phi) is 4.32. The SMILES string of the molecule is Cc1cccc2sc(NC(=O)COc3ccc4c5c(c(=O)oc4c3)CCC5)nc12. The maximum Gasteiger partial charge on any atom is 0.339 e. The average molecular weight is 406 g/mol. The maximum atomic E-state index is 12.3. The third kappa shape index (κ3) is 3.27. The summed E-state index contributed by atoms with van der Waals surface area (Å²) in [4.78, 5) is 28.9. The monoisotopic (exact) mass is 406 g/mol. The fourth-order valence-electron chi connectivity index (χ4n) is 3.80. The number of nitrogens with zero attached hydrogens (tertiary/aromatic N) is 1. The van der Waals surface area contributed by atoms with Gasteiger partial charge in [-0.05, 0) is 55.5 Å². The van der Waals surface area contributed by atoms with Crippen LogP contribution >= 0.6 is 11.3 Å². The first-order chi connectivity index (χ1) is 14.1. The molecule has 0 atom stereocenters. The minimum atomic E-state index is -0.294. The number of hydrogen-bond donors (Lipinski definition) is 1. The molecule has 0 bridgehead atoms. The quantitative estimate of drug-likeness (QED) is 0.513. The number of carbonyl (C=O) groups excluding carboxylic acids is 1. The van der Waals surface area contributed by atoms with E-state index < -0.39 is 0 Å². The Hall–Kier alpha value is -3.19. The van der Waals surface area contributed by atoms with Gasteiger partial charge in [0.15, 0.2) is 11.7 Å². The van der Waals surface area contributed by atoms with Crippen molar-refractivity contribution in [2.24, 2.45) is 0 Å². The lowest BCUT2D eigenvalue weighted by Crippen LogP contribution is -2.20. The summed E-state index contributed by atoms with van der Waals surface area (Å²) in [5, 5.41) is 4.27. The number of fused-ring (bicyclic) bond motifs is 4. The Morgan fingerprint density at radius 1 is 1.24 bits per heavy atom. The number of ether oxygens (including phenoxy) is 1.